The zero-order valence-electron chi connectivity index (χ0n) is 9.46. The number of hydrogen-bond donors (Lipinski definition) is 1. The van der Waals surface area contributed by atoms with Crippen molar-refractivity contribution in [1.29, 1.82) is 0 Å². The summed E-state index contributed by atoms with van der Waals surface area (Å²) < 4.78 is 5.42. The molecule has 88 valence electrons. The van der Waals surface area contributed by atoms with Gasteiger partial charge < -0.3 is 10.1 Å². The zero-order valence-corrected chi connectivity index (χ0v) is 11.0. The third-order valence-corrected chi connectivity index (χ3v) is 2.91. The highest BCUT2D eigenvalue weighted by molar-refractivity contribution is 9.09. The van der Waals surface area contributed by atoms with Crippen LogP contribution in [0.4, 0.5) is 0 Å². The molecule has 1 rings (SSSR count). The standard InChI is InChI=1S/C11H20BrNO2/c1-8(12)7-9(2)13-11(14)10-5-3-4-6-15-10/h8-10H,3-7H2,1-2H3,(H,13,14). The molecule has 4 heteroatoms. The fraction of sp³-hybridized carbons (Fsp3) is 0.909. The minimum Gasteiger partial charge on any atom is -0.368 e. The first-order valence-corrected chi connectivity index (χ1v) is 6.57. The Morgan fingerprint density at radius 2 is 2.27 bits per heavy atom. The van der Waals surface area contributed by atoms with E-state index in [4.69, 9.17) is 4.74 Å². The van der Waals surface area contributed by atoms with Crippen LogP contribution in [-0.2, 0) is 9.53 Å². The van der Waals surface area contributed by atoms with Crippen molar-refractivity contribution in [2.45, 2.75) is 56.5 Å². The quantitative estimate of drug-likeness (QED) is 0.801. The van der Waals surface area contributed by atoms with Gasteiger partial charge in [0, 0.05) is 17.5 Å². The predicted molar refractivity (Wildman–Crippen MR) is 64.2 cm³/mol. The maximum atomic E-state index is 11.7. The molecule has 0 aromatic heterocycles. The molecule has 0 spiro atoms. The van der Waals surface area contributed by atoms with Crippen molar-refractivity contribution < 1.29 is 9.53 Å². The van der Waals surface area contributed by atoms with Crippen molar-refractivity contribution in [3.05, 3.63) is 0 Å². The van der Waals surface area contributed by atoms with Crippen LogP contribution in [0.25, 0.3) is 0 Å². The van der Waals surface area contributed by atoms with Crippen LogP contribution in [-0.4, -0.2) is 29.5 Å². The first kappa shape index (κ1) is 13.0. The van der Waals surface area contributed by atoms with E-state index in [1.807, 2.05) is 6.92 Å². The number of carbonyl (C=O) groups is 1. The molecule has 1 aliphatic rings. The monoisotopic (exact) mass is 277 g/mol. The summed E-state index contributed by atoms with van der Waals surface area (Å²) in [6, 6.07) is 0.206. The Labute approximate surface area is 100 Å². The van der Waals surface area contributed by atoms with Crippen molar-refractivity contribution in [1.82, 2.24) is 5.32 Å². The van der Waals surface area contributed by atoms with Gasteiger partial charge in [0.2, 0.25) is 5.91 Å². The average molecular weight is 278 g/mol. The normalized spacial score (nSPS) is 25.7. The second kappa shape index (κ2) is 6.48. The molecule has 1 N–H and O–H groups in total. The highest BCUT2D eigenvalue weighted by Crippen LogP contribution is 2.13. The van der Waals surface area contributed by atoms with Gasteiger partial charge in [-0.3, -0.25) is 4.79 Å². The molecule has 0 aromatic carbocycles. The number of amides is 1. The van der Waals surface area contributed by atoms with Crippen LogP contribution in [0, 0.1) is 0 Å². The molecule has 1 fully saturated rings. The SMILES string of the molecule is CC(Br)CC(C)NC(=O)C1CCCCO1. The number of hydrogen-bond acceptors (Lipinski definition) is 2. The molecule has 1 saturated heterocycles. The lowest BCUT2D eigenvalue weighted by Crippen LogP contribution is -2.43. The molecule has 0 saturated carbocycles. The second-order valence-corrected chi connectivity index (χ2v) is 5.84. The third-order valence-electron chi connectivity index (χ3n) is 2.54. The van der Waals surface area contributed by atoms with Crippen LogP contribution in [0.5, 0.6) is 0 Å². The number of rotatable bonds is 4. The largest absolute Gasteiger partial charge is 0.368 e. The van der Waals surface area contributed by atoms with Gasteiger partial charge in [0.05, 0.1) is 0 Å². The van der Waals surface area contributed by atoms with E-state index < -0.39 is 0 Å². The van der Waals surface area contributed by atoms with Gasteiger partial charge in [-0.1, -0.05) is 22.9 Å². The van der Waals surface area contributed by atoms with E-state index in [-0.39, 0.29) is 18.1 Å². The van der Waals surface area contributed by atoms with Gasteiger partial charge in [-0.25, -0.2) is 0 Å². The molecule has 1 heterocycles. The predicted octanol–water partition coefficient (Wildman–Crippen LogP) is 2.23. The van der Waals surface area contributed by atoms with E-state index in [2.05, 4.69) is 28.2 Å². The Morgan fingerprint density at radius 3 is 2.80 bits per heavy atom. The Kier molecular flexibility index (Phi) is 5.61. The Balaban J connectivity index is 2.27. The molecule has 0 aliphatic carbocycles. The molecule has 3 nitrogen and oxygen atoms in total. The fourth-order valence-corrected chi connectivity index (χ4v) is 2.39. The maximum absolute atomic E-state index is 11.7. The summed E-state index contributed by atoms with van der Waals surface area (Å²) in [5, 5.41) is 2.99. The molecule has 0 aromatic rings. The molecule has 1 amide bonds. The minimum absolute atomic E-state index is 0.0513. The Hall–Kier alpha value is -0.0900. The number of alkyl halides is 1. The van der Waals surface area contributed by atoms with Crippen LogP contribution < -0.4 is 5.32 Å². The summed E-state index contributed by atoms with van der Waals surface area (Å²) in [5.74, 6) is 0.0513. The molecule has 0 bridgehead atoms. The number of ether oxygens (including phenoxy) is 1. The number of nitrogens with one attached hydrogen (secondary N) is 1. The van der Waals surface area contributed by atoms with Crippen LogP contribution in [0.1, 0.15) is 39.5 Å². The summed E-state index contributed by atoms with van der Waals surface area (Å²) in [6.07, 6.45) is 3.77. The van der Waals surface area contributed by atoms with Gasteiger partial charge in [-0.05, 0) is 32.6 Å². The molecule has 15 heavy (non-hydrogen) atoms. The summed E-state index contributed by atoms with van der Waals surface area (Å²) in [6.45, 7) is 4.83. The lowest BCUT2D eigenvalue weighted by molar-refractivity contribution is -0.136. The van der Waals surface area contributed by atoms with E-state index in [0.717, 1.165) is 32.3 Å². The molecule has 3 atom stereocenters. The maximum Gasteiger partial charge on any atom is 0.249 e. The fourth-order valence-electron chi connectivity index (χ4n) is 1.83. The van der Waals surface area contributed by atoms with Gasteiger partial charge in [0.15, 0.2) is 0 Å². The summed E-state index contributed by atoms with van der Waals surface area (Å²) in [7, 11) is 0. The van der Waals surface area contributed by atoms with Gasteiger partial charge in [-0.15, -0.1) is 0 Å². The first-order valence-electron chi connectivity index (χ1n) is 5.65. The van der Waals surface area contributed by atoms with Crippen LogP contribution in [0.2, 0.25) is 0 Å². The number of halogens is 1. The van der Waals surface area contributed by atoms with E-state index in [1.165, 1.54) is 0 Å². The van der Waals surface area contributed by atoms with Crippen molar-refractivity contribution in [3.8, 4) is 0 Å². The average Bonchev–Trinajstić information content (AvgIpc) is 2.17. The van der Waals surface area contributed by atoms with Crippen LogP contribution >= 0.6 is 15.9 Å². The van der Waals surface area contributed by atoms with Crippen LogP contribution in [0.3, 0.4) is 0 Å². The molecule has 0 radical (unpaired) electrons. The minimum atomic E-state index is -0.216. The van der Waals surface area contributed by atoms with E-state index in [9.17, 15) is 4.79 Å². The van der Waals surface area contributed by atoms with E-state index in [0.29, 0.717) is 4.83 Å². The van der Waals surface area contributed by atoms with Gasteiger partial charge in [-0.2, -0.15) is 0 Å². The summed E-state index contributed by atoms with van der Waals surface area (Å²) in [4.78, 5) is 12.2. The molecular formula is C11H20BrNO2. The number of carbonyl (C=O) groups excluding carboxylic acids is 1. The van der Waals surface area contributed by atoms with E-state index in [1.54, 1.807) is 0 Å². The van der Waals surface area contributed by atoms with E-state index >= 15 is 0 Å². The summed E-state index contributed by atoms with van der Waals surface area (Å²) in [5.41, 5.74) is 0. The van der Waals surface area contributed by atoms with Gasteiger partial charge in [0.1, 0.15) is 6.10 Å². The van der Waals surface area contributed by atoms with Crippen molar-refractivity contribution in [3.63, 3.8) is 0 Å². The van der Waals surface area contributed by atoms with Crippen molar-refractivity contribution in [2.24, 2.45) is 0 Å². The van der Waals surface area contributed by atoms with Crippen LogP contribution in [0.15, 0.2) is 0 Å². The smallest absolute Gasteiger partial charge is 0.249 e. The molecule has 3 unspecified atom stereocenters. The molecular weight excluding hydrogens is 258 g/mol. The van der Waals surface area contributed by atoms with Crippen molar-refractivity contribution in [2.75, 3.05) is 6.61 Å². The van der Waals surface area contributed by atoms with Crippen molar-refractivity contribution >= 4 is 21.8 Å². The highest BCUT2D eigenvalue weighted by atomic mass is 79.9. The lowest BCUT2D eigenvalue weighted by Gasteiger charge is -2.24. The second-order valence-electron chi connectivity index (χ2n) is 4.28. The summed E-state index contributed by atoms with van der Waals surface area (Å²) >= 11 is 3.48. The molecule has 1 aliphatic heterocycles. The van der Waals surface area contributed by atoms with Gasteiger partial charge in [0.25, 0.3) is 0 Å². The first-order chi connectivity index (χ1) is 7.09. The zero-order chi connectivity index (χ0) is 11.3. The highest BCUT2D eigenvalue weighted by Gasteiger charge is 2.23. The lowest BCUT2D eigenvalue weighted by atomic mass is 10.1. The topological polar surface area (TPSA) is 38.3 Å². The Bertz CT molecular complexity index is 203. The third kappa shape index (κ3) is 4.98. The Morgan fingerprint density at radius 1 is 1.53 bits per heavy atom. The van der Waals surface area contributed by atoms with Gasteiger partial charge >= 0.3 is 0 Å².